The van der Waals surface area contributed by atoms with Gasteiger partial charge in [0.2, 0.25) is 0 Å². The van der Waals surface area contributed by atoms with Crippen molar-refractivity contribution in [3.8, 4) is 0 Å². The van der Waals surface area contributed by atoms with Crippen LogP contribution in [0.1, 0.15) is 22.3 Å². The van der Waals surface area contributed by atoms with Crippen molar-refractivity contribution in [2.45, 2.75) is 27.7 Å². The average molecular weight is 749 g/mol. The molecular weight excluding hydrogens is 709 g/mol. The molecule has 0 amide bonds. The zero-order valence-corrected chi connectivity index (χ0v) is 32.9. The highest BCUT2D eigenvalue weighted by molar-refractivity contribution is 6.18. The third-order valence-electron chi connectivity index (χ3n) is 11.5. The molecule has 0 fully saturated rings. The minimum atomic E-state index is 0.851. The molecule has 0 atom stereocenters. The SMILES string of the molecule is Cc1cccc(N(c2cccc(C)c2)c2ccc3cc4c(cc3c2)oc2cc3c(cc24)oc2cc4cc(N(c5cccc(C)c5)c5cccc(C)c5)ccc4cc23)c1. The van der Waals surface area contributed by atoms with Crippen LogP contribution < -0.4 is 9.80 Å². The van der Waals surface area contributed by atoms with E-state index in [1.54, 1.807) is 0 Å². The number of hydrogen-bond acceptors (Lipinski definition) is 4. The van der Waals surface area contributed by atoms with Crippen LogP contribution in [-0.2, 0) is 0 Å². The summed E-state index contributed by atoms with van der Waals surface area (Å²) in [5, 5.41) is 8.81. The standard InChI is InChI=1S/C54H40N2O2/c1-33-9-5-13-41(21-33)55(42-14-6-10-34(2)22-42)45-19-17-37-27-47-49-31-54-50(32-53(49)57-51(47)29-39(37)25-45)48-28-38-18-20-46(26-40(38)30-52(48)58-54)56(43-15-7-11-35(3)23-43)44-16-8-12-36(4)24-44/h5-32H,1-4H3. The van der Waals surface area contributed by atoms with Crippen molar-refractivity contribution in [2.75, 3.05) is 9.80 Å². The first-order valence-electron chi connectivity index (χ1n) is 19.9. The monoisotopic (exact) mass is 748 g/mol. The van der Waals surface area contributed by atoms with E-state index in [2.05, 4.69) is 207 Å². The zero-order chi connectivity index (χ0) is 39.1. The third-order valence-corrected chi connectivity index (χ3v) is 11.5. The van der Waals surface area contributed by atoms with Crippen LogP contribution in [0.2, 0.25) is 0 Å². The molecule has 0 saturated carbocycles. The van der Waals surface area contributed by atoms with Gasteiger partial charge in [0.05, 0.1) is 0 Å². The molecule has 278 valence electrons. The summed E-state index contributed by atoms with van der Waals surface area (Å²) in [6.45, 7) is 8.56. The van der Waals surface area contributed by atoms with Gasteiger partial charge in [0.25, 0.3) is 0 Å². The number of anilines is 6. The largest absolute Gasteiger partial charge is 0.456 e. The number of hydrogen-bond donors (Lipinski definition) is 0. The molecule has 0 bridgehead atoms. The molecule has 0 saturated heterocycles. The van der Waals surface area contributed by atoms with E-state index in [1.807, 2.05) is 0 Å². The molecule has 2 heterocycles. The highest BCUT2D eigenvalue weighted by Gasteiger charge is 2.19. The molecule has 11 rings (SSSR count). The third kappa shape index (κ3) is 5.76. The molecular formula is C54H40N2O2. The van der Waals surface area contributed by atoms with Crippen molar-refractivity contribution < 1.29 is 8.83 Å². The Hall–Kier alpha value is -7.30. The van der Waals surface area contributed by atoms with Crippen LogP contribution >= 0.6 is 0 Å². The first kappa shape index (κ1) is 34.0. The normalized spacial score (nSPS) is 11.8. The summed E-state index contributed by atoms with van der Waals surface area (Å²) in [5.41, 5.74) is 15.0. The van der Waals surface area contributed by atoms with Crippen molar-refractivity contribution in [3.63, 3.8) is 0 Å². The summed E-state index contributed by atoms with van der Waals surface area (Å²) in [6.07, 6.45) is 0. The minimum Gasteiger partial charge on any atom is -0.456 e. The average Bonchev–Trinajstić information content (AvgIpc) is 3.74. The smallest absolute Gasteiger partial charge is 0.136 e. The van der Waals surface area contributed by atoms with Gasteiger partial charge in [-0.3, -0.25) is 0 Å². The summed E-state index contributed by atoms with van der Waals surface area (Å²) in [7, 11) is 0. The fraction of sp³-hybridized carbons (Fsp3) is 0.0741. The minimum absolute atomic E-state index is 0.851. The Balaban J connectivity index is 1.01. The van der Waals surface area contributed by atoms with Gasteiger partial charge in [-0.15, -0.1) is 0 Å². The van der Waals surface area contributed by atoms with Crippen LogP contribution in [0.5, 0.6) is 0 Å². The molecule has 0 radical (unpaired) electrons. The Kier molecular flexibility index (Phi) is 7.70. The Morgan fingerprint density at radius 2 is 0.586 bits per heavy atom. The van der Waals surface area contributed by atoms with Gasteiger partial charge in [-0.2, -0.15) is 0 Å². The Labute approximate surface area is 336 Å². The summed E-state index contributed by atoms with van der Waals surface area (Å²) >= 11 is 0. The van der Waals surface area contributed by atoms with Crippen LogP contribution in [0, 0.1) is 27.7 Å². The van der Waals surface area contributed by atoms with Crippen molar-refractivity contribution in [1.29, 1.82) is 0 Å². The van der Waals surface area contributed by atoms with Crippen LogP contribution in [0.25, 0.3) is 65.4 Å². The second-order valence-electron chi connectivity index (χ2n) is 15.8. The van der Waals surface area contributed by atoms with Crippen LogP contribution in [0.3, 0.4) is 0 Å². The summed E-state index contributed by atoms with van der Waals surface area (Å²) in [5.74, 6) is 0. The predicted octanol–water partition coefficient (Wildman–Crippen LogP) is 16.0. The lowest BCUT2D eigenvalue weighted by Gasteiger charge is -2.26. The van der Waals surface area contributed by atoms with Crippen LogP contribution in [0.4, 0.5) is 34.1 Å². The molecule has 4 heteroatoms. The van der Waals surface area contributed by atoms with Crippen LogP contribution in [-0.4, -0.2) is 0 Å². The maximum absolute atomic E-state index is 6.66. The van der Waals surface area contributed by atoms with Crippen molar-refractivity contribution in [2.24, 2.45) is 0 Å². The second-order valence-corrected chi connectivity index (χ2v) is 15.8. The number of furan rings is 2. The van der Waals surface area contributed by atoms with Gasteiger partial charge >= 0.3 is 0 Å². The molecule has 0 aliphatic carbocycles. The number of benzene rings is 9. The van der Waals surface area contributed by atoms with Crippen molar-refractivity contribution in [1.82, 2.24) is 0 Å². The Morgan fingerprint density at radius 3 is 0.931 bits per heavy atom. The molecule has 0 N–H and O–H groups in total. The van der Waals surface area contributed by atoms with Gasteiger partial charge in [0, 0.05) is 55.7 Å². The lowest BCUT2D eigenvalue weighted by Crippen LogP contribution is -2.10. The summed E-state index contributed by atoms with van der Waals surface area (Å²) < 4.78 is 13.3. The number of rotatable bonds is 6. The highest BCUT2D eigenvalue weighted by Crippen LogP contribution is 2.43. The Bertz CT molecular complexity index is 3100. The van der Waals surface area contributed by atoms with E-state index in [-0.39, 0.29) is 0 Å². The molecule has 58 heavy (non-hydrogen) atoms. The molecule has 9 aromatic carbocycles. The van der Waals surface area contributed by atoms with Gasteiger partial charge < -0.3 is 18.6 Å². The maximum Gasteiger partial charge on any atom is 0.136 e. The molecule has 4 nitrogen and oxygen atoms in total. The summed E-state index contributed by atoms with van der Waals surface area (Å²) in [4.78, 5) is 4.66. The summed E-state index contributed by atoms with van der Waals surface area (Å²) in [6, 6.07) is 61.3. The van der Waals surface area contributed by atoms with E-state index in [0.717, 1.165) is 99.5 Å². The fourth-order valence-corrected chi connectivity index (χ4v) is 8.75. The highest BCUT2D eigenvalue weighted by atomic mass is 16.3. The first-order valence-corrected chi connectivity index (χ1v) is 19.9. The number of nitrogens with zero attached hydrogens (tertiary/aromatic N) is 2. The van der Waals surface area contributed by atoms with E-state index < -0.39 is 0 Å². The van der Waals surface area contributed by atoms with Gasteiger partial charge in [0.15, 0.2) is 0 Å². The Morgan fingerprint density at radius 1 is 0.276 bits per heavy atom. The van der Waals surface area contributed by atoms with E-state index in [1.165, 1.54) is 22.3 Å². The van der Waals surface area contributed by atoms with Crippen molar-refractivity contribution >= 4 is 99.5 Å². The molecule has 2 aromatic heterocycles. The molecule has 0 unspecified atom stereocenters. The number of fused-ring (bicyclic) bond motifs is 8. The van der Waals surface area contributed by atoms with Gasteiger partial charge in [-0.1, -0.05) is 60.7 Å². The second kappa shape index (κ2) is 13.1. The van der Waals surface area contributed by atoms with E-state index in [9.17, 15) is 0 Å². The van der Waals surface area contributed by atoms with E-state index in [4.69, 9.17) is 8.83 Å². The number of aryl methyl sites for hydroxylation is 4. The predicted molar refractivity (Wildman–Crippen MR) is 244 cm³/mol. The van der Waals surface area contributed by atoms with E-state index >= 15 is 0 Å². The molecule has 0 spiro atoms. The van der Waals surface area contributed by atoms with Gasteiger partial charge in [-0.25, -0.2) is 0 Å². The van der Waals surface area contributed by atoms with Gasteiger partial charge in [-0.05, 0) is 181 Å². The molecule has 0 aliphatic rings. The quantitative estimate of drug-likeness (QED) is 0.170. The first-order chi connectivity index (χ1) is 28.3. The van der Waals surface area contributed by atoms with Gasteiger partial charge in [0.1, 0.15) is 22.3 Å². The lowest BCUT2D eigenvalue weighted by atomic mass is 10.0. The van der Waals surface area contributed by atoms with Crippen molar-refractivity contribution in [3.05, 3.63) is 192 Å². The maximum atomic E-state index is 6.66. The molecule has 0 aliphatic heterocycles. The van der Waals surface area contributed by atoms with E-state index in [0.29, 0.717) is 0 Å². The zero-order valence-electron chi connectivity index (χ0n) is 32.9. The topological polar surface area (TPSA) is 32.8 Å². The van der Waals surface area contributed by atoms with Crippen LogP contribution in [0.15, 0.2) is 179 Å². The lowest BCUT2D eigenvalue weighted by molar-refractivity contribution is 0.664. The molecule has 11 aromatic rings. The fourth-order valence-electron chi connectivity index (χ4n) is 8.75.